The van der Waals surface area contributed by atoms with Gasteiger partial charge in [-0.15, -0.1) is 0 Å². The zero-order chi connectivity index (χ0) is 12.0. The van der Waals surface area contributed by atoms with Gasteiger partial charge in [0.05, 0.1) is 0 Å². The molecule has 0 aliphatic rings. The van der Waals surface area contributed by atoms with Gasteiger partial charge in [-0.25, -0.2) is 4.98 Å². The molecule has 1 amide bonds. The zero-order valence-electron chi connectivity index (χ0n) is 9.86. The van der Waals surface area contributed by atoms with Gasteiger partial charge in [0, 0.05) is 18.2 Å². The molecule has 0 aromatic carbocycles. The summed E-state index contributed by atoms with van der Waals surface area (Å²) in [7, 11) is 0. The van der Waals surface area contributed by atoms with Gasteiger partial charge in [0.1, 0.15) is 5.82 Å². The first-order valence-corrected chi connectivity index (χ1v) is 5.57. The normalized spacial score (nSPS) is 12.2. The summed E-state index contributed by atoms with van der Waals surface area (Å²) in [6, 6.07) is 5.71. The maximum atomic E-state index is 11.5. The molecule has 0 radical (unpaired) electrons. The predicted octanol–water partition coefficient (Wildman–Crippen LogP) is 1.85. The van der Waals surface area contributed by atoms with E-state index in [9.17, 15) is 4.79 Å². The van der Waals surface area contributed by atoms with Crippen molar-refractivity contribution in [2.45, 2.75) is 39.2 Å². The molecule has 0 saturated carbocycles. The summed E-state index contributed by atoms with van der Waals surface area (Å²) < 4.78 is 0. The topological polar surface area (TPSA) is 68.0 Å². The number of pyridine rings is 1. The van der Waals surface area contributed by atoms with E-state index in [4.69, 9.17) is 5.73 Å². The molecule has 1 atom stereocenters. The fraction of sp³-hybridized carbons (Fsp3) is 0.500. The third kappa shape index (κ3) is 4.89. The zero-order valence-corrected chi connectivity index (χ0v) is 9.86. The number of amides is 1. The van der Waals surface area contributed by atoms with Crippen LogP contribution < -0.4 is 11.1 Å². The van der Waals surface area contributed by atoms with Crippen molar-refractivity contribution in [3.8, 4) is 0 Å². The highest BCUT2D eigenvalue weighted by atomic mass is 16.1. The highest BCUT2D eigenvalue weighted by Crippen LogP contribution is 2.06. The molecule has 0 spiro atoms. The van der Waals surface area contributed by atoms with Crippen molar-refractivity contribution >= 4 is 11.7 Å². The quantitative estimate of drug-likeness (QED) is 0.797. The number of nitrogens with zero attached hydrogens (tertiary/aromatic N) is 1. The lowest BCUT2D eigenvalue weighted by atomic mass is 10.1. The average Bonchev–Trinajstić information content (AvgIpc) is 2.16. The Labute approximate surface area is 96.3 Å². The SMILES string of the molecule is Cc1cccc(NC(=O)CCCC(C)N)n1. The van der Waals surface area contributed by atoms with E-state index in [1.54, 1.807) is 6.07 Å². The van der Waals surface area contributed by atoms with Crippen LogP contribution in [0.5, 0.6) is 0 Å². The van der Waals surface area contributed by atoms with E-state index in [0.29, 0.717) is 12.2 Å². The number of aromatic nitrogens is 1. The molecule has 0 aliphatic heterocycles. The second kappa shape index (κ2) is 6.23. The molecule has 0 bridgehead atoms. The smallest absolute Gasteiger partial charge is 0.225 e. The van der Waals surface area contributed by atoms with Crippen molar-refractivity contribution in [1.82, 2.24) is 4.98 Å². The minimum Gasteiger partial charge on any atom is -0.328 e. The van der Waals surface area contributed by atoms with E-state index in [1.165, 1.54) is 0 Å². The van der Waals surface area contributed by atoms with E-state index in [2.05, 4.69) is 10.3 Å². The molecule has 4 nitrogen and oxygen atoms in total. The molecule has 4 heteroatoms. The maximum Gasteiger partial charge on any atom is 0.225 e. The van der Waals surface area contributed by atoms with Crippen LogP contribution in [0.25, 0.3) is 0 Å². The lowest BCUT2D eigenvalue weighted by Crippen LogP contribution is -2.17. The largest absolute Gasteiger partial charge is 0.328 e. The third-order valence-electron chi connectivity index (χ3n) is 2.22. The minimum atomic E-state index is -0.00116. The number of nitrogens with two attached hydrogens (primary N) is 1. The summed E-state index contributed by atoms with van der Waals surface area (Å²) in [5.74, 6) is 0.615. The Morgan fingerprint density at radius 3 is 2.94 bits per heavy atom. The number of rotatable bonds is 5. The first kappa shape index (κ1) is 12.6. The highest BCUT2D eigenvalue weighted by Gasteiger charge is 2.04. The second-order valence-corrected chi connectivity index (χ2v) is 4.08. The van der Waals surface area contributed by atoms with Crippen molar-refractivity contribution in [3.63, 3.8) is 0 Å². The second-order valence-electron chi connectivity index (χ2n) is 4.08. The molecule has 0 saturated heterocycles. The van der Waals surface area contributed by atoms with E-state index in [0.717, 1.165) is 18.5 Å². The number of anilines is 1. The Kier molecular flexibility index (Phi) is 4.92. The molecule has 1 aromatic rings. The number of hydrogen-bond donors (Lipinski definition) is 2. The monoisotopic (exact) mass is 221 g/mol. The van der Waals surface area contributed by atoms with Gasteiger partial charge < -0.3 is 11.1 Å². The van der Waals surface area contributed by atoms with Crippen molar-refractivity contribution in [2.75, 3.05) is 5.32 Å². The molecule has 1 rings (SSSR count). The fourth-order valence-corrected chi connectivity index (χ4v) is 1.40. The molecule has 88 valence electrons. The Morgan fingerprint density at radius 1 is 1.56 bits per heavy atom. The van der Waals surface area contributed by atoms with Crippen LogP contribution in [0.15, 0.2) is 18.2 Å². The molecular weight excluding hydrogens is 202 g/mol. The summed E-state index contributed by atoms with van der Waals surface area (Å²) in [5, 5.41) is 2.77. The van der Waals surface area contributed by atoms with Gasteiger partial charge in [-0.2, -0.15) is 0 Å². The van der Waals surface area contributed by atoms with Crippen LogP contribution in [0.1, 0.15) is 31.9 Å². The third-order valence-corrected chi connectivity index (χ3v) is 2.22. The van der Waals surface area contributed by atoms with Crippen LogP contribution in [-0.2, 0) is 4.79 Å². The van der Waals surface area contributed by atoms with Crippen LogP contribution in [0.2, 0.25) is 0 Å². The van der Waals surface area contributed by atoms with Crippen LogP contribution >= 0.6 is 0 Å². The number of nitrogens with one attached hydrogen (secondary N) is 1. The number of aryl methyl sites for hydroxylation is 1. The van der Waals surface area contributed by atoms with E-state index >= 15 is 0 Å². The summed E-state index contributed by atoms with van der Waals surface area (Å²) in [5.41, 5.74) is 6.50. The average molecular weight is 221 g/mol. The van der Waals surface area contributed by atoms with E-state index < -0.39 is 0 Å². The van der Waals surface area contributed by atoms with Gasteiger partial charge in [0.25, 0.3) is 0 Å². The Hall–Kier alpha value is -1.42. The van der Waals surface area contributed by atoms with E-state index in [-0.39, 0.29) is 11.9 Å². The molecule has 1 aromatic heterocycles. The van der Waals surface area contributed by atoms with Gasteiger partial charge in [-0.3, -0.25) is 4.79 Å². The van der Waals surface area contributed by atoms with Crippen molar-refractivity contribution < 1.29 is 4.79 Å². The first-order valence-electron chi connectivity index (χ1n) is 5.57. The van der Waals surface area contributed by atoms with Crippen molar-refractivity contribution in [1.29, 1.82) is 0 Å². The Balaban J connectivity index is 2.34. The van der Waals surface area contributed by atoms with Gasteiger partial charge in [0.15, 0.2) is 0 Å². The number of carbonyl (C=O) groups excluding carboxylic acids is 1. The Morgan fingerprint density at radius 2 is 2.31 bits per heavy atom. The predicted molar refractivity (Wildman–Crippen MR) is 65.1 cm³/mol. The minimum absolute atomic E-state index is 0.00116. The molecule has 3 N–H and O–H groups in total. The fourth-order valence-electron chi connectivity index (χ4n) is 1.40. The summed E-state index contributed by atoms with van der Waals surface area (Å²) in [6.45, 7) is 3.84. The molecule has 1 unspecified atom stereocenters. The van der Waals surface area contributed by atoms with E-state index in [1.807, 2.05) is 26.0 Å². The van der Waals surface area contributed by atoms with Crippen LogP contribution in [0.3, 0.4) is 0 Å². The number of carbonyl (C=O) groups is 1. The first-order chi connectivity index (χ1) is 7.58. The summed E-state index contributed by atoms with van der Waals surface area (Å²) in [6.07, 6.45) is 2.18. The summed E-state index contributed by atoms with van der Waals surface area (Å²) in [4.78, 5) is 15.7. The molecular formula is C12H19N3O. The van der Waals surface area contributed by atoms with Gasteiger partial charge in [-0.05, 0) is 38.8 Å². The molecule has 1 heterocycles. The molecule has 16 heavy (non-hydrogen) atoms. The van der Waals surface area contributed by atoms with Gasteiger partial charge >= 0.3 is 0 Å². The maximum absolute atomic E-state index is 11.5. The van der Waals surface area contributed by atoms with Crippen molar-refractivity contribution in [2.24, 2.45) is 5.73 Å². The number of hydrogen-bond acceptors (Lipinski definition) is 3. The Bertz CT molecular complexity index is 350. The van der Waals surface area contributed by atoms with Crippen LogP contribution in [0.4, 0.5) is 5.82 Å². The lowest BCUT2D eigenvalue weighted by Gasteiger charge is -2.06. The summed E-state index contributed by atoms with van der Waals surface area (Å²) >= 11 is 0. The lowest BCUT2D eigenvalue weighted by molar-refractivity contribution is -0.116. The van der Waals surface area contributed by atoms with Gasteiger partial charge in [-0.1, -0.05) is 6.07 Å². The molecule has 0 aliphatic carbocycles. The van der Waals surface area contributed by atoms with Crippen LogP contribution in [-0.4, -0.2) is 16.9 Å². The van der Waals surface area contributed by atoms with Crippen molar-refractivity contribution in [3.05, 3.63) is 23.9 Å². The van der Waals surface area contributed by atoms with Gasteiger partial charge in [0.2, 0.25) is 5.91 Å². The highest BCUT2D eigenvalue weighted by molar-refractivity contribution is 5.89. The molecule has 0 fully saturated rings. The standard InChI is InChI=1S/C12H19N3O/c1-9(13)5-3-8-12(16)15-11-7-4-6-10(2)14-11/h4,6-7,9H,3,5,8,13H2,1-2H3,(H,14,15,16). The van der Waals surface area contributed by atoms with Crippen LogP contribution in [0, 0.1) is 6.92 Å².